The van der Waals surface area contributed by atoms with E-state index in [1.165, 1.54) is 20.3 Å². The lowest BCUT2D eigenvalue weighted by Crippen LogP contribution is -2.03. The molecule has 3 aromatic rings. The second-order valence-corrected chi connectivity index (χ2v) is 5.49. The Labute approximate surface area is 144 Å². The maximum Gasteiger partial charge on any atom is 0.246 e. The van der Waals surface area contributed by atoms with Gasteiger partial charge < -0.3 is 19.4 Å². The molecule has 0 atom stereocenters. The number of ether oxygens (including phenoxy) is 2. The van der Waals surface area contributed by atoms with E-state index in [9.17, 15) is 4.39 Å². The Hall–Kier alpha value is -2.90. The minimum absolute atomic E-state index is 0.178. The second-order valence-electron chi connectivity index (χ2n) is 5.49. The zero-order valence-electron chi connectivity index (χ0n) is 14.4. The van der Waals surface area contributed by atoms with Crippen molar-refractivity contribution in [3.8, 4) is 11.6 Å². The zero-order valence-corrected chi connectivity index (χ0v) is 14.4. The van der Waals surface area contributed by atoms with Crippen LogP contribution in [0.25, 0.3) is 11.2 Å². The van der Waals surface area contributed by atoms with Gasteiger partial charge in [0.25, 0.3) is 0 Å². The number of methoxy groups -OCH3 is 2. The first-order chi connectivity index (χ1) is 12.2. The molecule has 2 aromatic heterocycles. The van der Waals surface area contributed by atoms with Gasteiger partial charge in [-0.2, -0.15) is 9.97 Å². The van der Waals surface area contributed by atoms with Crippen LogP contribution in [0.5, 0.6) is 11.6 Å². The lowest BCUT2D eigenvalue weighted by molar-refractivity contribution is 0.386. The normalized spacial score (nSPS) is 10.9. The number of nitrogens with zero attached hydrogens (tertiary/aromatic N) is 4. The molecule has 132 valence electrons. The third kappa shape index (κ3) is 3.47. The van der Waals surface area contributed by atoms with Crippen LogP contribution in [0.4, 0.5) is 16.0 Å². The van der Waals surface area contributed by atoms with Crippen LogP contribution >= 0.6 is 0 Å². The Morgan fingerprint density at radius 1 is 1.20 bits per heavy atom. The first kappa shape index (κ1) is 16.9. The van der Waals surface area contributed by atoms with Crippen molar-refractivity contribution in [2.75, 3.05) is 19.5 Å². The molecule has 2 heterocycles. The number of hydrogen-bond acceptors (Lipinski definition) is 6. The van der Waals surface area contributed by atoms with Crippen molar-refractivity contribution in [2.45, 2.75) is 26.3 Å². The molecule has 0 aliphatic heterocycles. The van der Waals surface area contributed by atoms with Gasteiger partial charge in [0.2, 0.25) is 11.8 Å². The molecule has 0 aliphatic rings. The summed E-state index contributed by atoms with van der Waals surface area (Å²) in [4.78, 5) is 13.2. The van der Waals surface area contributed by atoms with Crippen LogP contribution in [-0.4, -0.2) is 33.7 Å². The SMILES string of the molecule is CCCCn1cnc2c(OC)nc(Nc3ccc(OC)c(F)c3)nc21. The summed E-state index contributed by atoms with van der Waals surface area (Å²) in [6.07, 6.45) is 3.82. The molecule has 0 bridgehead atoms. The number of benzene rings is 1. The van der Waals surface area contributed by atoms with Gasteiger partial charge in [-0.25, -0.2) is 9.37 Å². The third-order valence-electron chi connectivity index (χ3n) is 3.79. The highest BCUT2D eigenvalue weighted by Gasteiger charge is 2.14. The summed E-state index contributed by atoms with van der Waals surface area (Å²) in [5.74, 6) is 0.398. The molecule has 0 fully saturated rings. The first-order valence-corrected chi connectivity index (χ1v) is 8.03. The van der Waals surface area contributed by atoms with Crippen molar-refractivity contribution >= 4 is 22.8 Å². The third-order valence-corrected chi connectivity index (χ3v) is 3.79. The molecule has 25 heavy (non-hydrogen) atoms. The molecule has 0 spiro atoms. The van der Waals surface area contributed by atoms with Crippen LogP contribution in [-0.2, 0) is 6.54 Å². The number of anilines is 2. The molecular formula is C17H20FN5O2. The fourth-order valence-corrected chi connectivity index (χ4v) is 2.48. The van der Waals surface area contributed by atoms with E-state index in [4.69, 9.17) is 9.47 Å². The van der Waals surface area contributed by atoms with Crippen LogP contribution < -0.4 is 14.8 Å². The predicted molar refractivity (Wildman–Crippen MR) is 93.0 cm³/mol. The maximum absolute atomic E-state index is 13.9. The van der Waals surface area contributed by atoms with Gasteiger partial charge in [-0.3, -0.25) is 0 Å². The van der Waals surface area contributed by atoms with Crippen molar-refractivity contribution in [3.05, 3.63) is 30.3 Å². The summed E-state index contributed by atoms with van der Waals surface area (Å²) in [5, 5.41) is 3.00. The summed E-state index contributed by atoms with van der Waals surface area (Å²) in [5.41, 5.74) is 1.79. The number of rotatable bonds is 7. The van der Waals surface area contributed by atoms with E-state index in [-0.39, 0.29) is 5.75 Å². The summed E-state index contributed by atoms with van der Waals surface area (Å²) in [6, 6.07) is 4.56. The fourth-order valence-electron chi connectivity index (χ4n) is 2.48. The van der Waals surface area contributed by atoms with E-state index in [0.29, 0.717) is 28.7 Å². The molecule has 0 radical (unpaired) electrons. The van der Waals surface area contributed by atoms with Crippen molar-refractivity contribution in [1.82, 2.24) is 19.5 Å². The number of hydrogen-bond donors (Lipinski definition) is 1. The molecule has 3 rings (SSSR count). The van der Waals surface area contributed by atoms with Crippen LogP contribution in [0.3, 0.4) is 0 Å². The van der Waals surface area contributed by atoms with Crippen molar-refractivity contribution in [2.24, 2.45) is 0 Å². The second kappa shape index (κ2) is 7.33. The van der Waals surface area contributed by atoms with Gasteiger partial charge >= 0.3 is 0 Å². The van der Waals surface area contributed by atoms with E-state index >= 15 is 0 Å². The maximum atomic E-state index is 13.9. The Bertz CT molecular complexity index is 881. The van der Waals surface area contributed by atoms with Gasteiger partial charge in [-0.1, -0.05) is 13.3 Å². The van der Waals surface area contributed by atoms with Gasteiger partial charge in [0.1, 0.15) is 0 Å². The average Bonchev–Trinajstić information content (AvgIpc) is 3.02. The first-order valence-electron chi connectivity index (χ1n) is 8.03. The molecule has 0 saturated carbocycles. The molecule has 0 saturated heterocycles. The molecule has 0 aliphatic carbocycles. The van der Waals surface area contributed by atoms with Gasteiger partial charge in [-0.05, 0) is 18.6 Å². The number of halogens is 1. The van der Waals surface area contributed by atoms with Crippen LogP contribution in [0.2, 0.25) is 0 Å². The summed E-state index contributed by atoms with van der Waals surface area (Å²) in [6.45, 7) is 2.93. The van der Waals surface area contributed by atoms with Crippen molar-refractivity contribution in [1.29, 1.82) is 0 Å². The van der Waals surface area contributed by atoms with Crippen LogP contribution in [0, 0.1) is 5.82 Å². The highest BCUT2D eigenvalue weighted by molar-refractivity contribution is 5.78. The van der Waals surface area contributed by atoms with Crippen molar-refractivity contribution in [3.63, 3.8) is 0 Å². The number of imidazole rings is 1. The quantitative estimate of drug-likeness (QED) is 0.706. The molecule has 1 N–H and O–H groups in total. The summed E-state index contributed by atoms with van der Waals surface area (Å²) >= 11 is 0. The van der Waals surface area contributed by atoms with Gasteiger partial charge in [0, 0.05) is 18.3 Å². The smallest absolute Gasteiger partial charge is 0.246 e. The summed E-state index contributed by atoms with van der Waals surface area (Å²) < 4.78 is 26.1. The standard InChI is InChI=1S/C17H20FN5O2/c1-4-5-8-23-10-19-14-15(23)21-17(22-16(14)25-3)20-11-6-7-13(24-2)12(18)9-11/h6-7,9-10H,4-5,8H2,1-3H3,(H,20,21,22). The molecule has 0 unspecified atom stereocenters. The van der Waals surface area contributed by atoms with Gasteiger partial charge in [-0.15, -0.1) is 0 Å². The highest BCUT2D eigenvalue weighted by Crippen LogP contribution is 2.26. The minimum atomic E-state index is -0.464. The Balaban J connectivity index is 1.96. The minimum Gasteiger partial charge on any atom is -0.494 e. The summed E-state index contributed by atoms with van der Waals surface area (Å²) in [7, 11) is 2.95. The molecule has 7 nitrogen and oxygen atoms in total. The number of aryl methyl sites for hydroxylation is 1. The lowest BCUT2D eigenvalue weighted by Gasteiger charge is -2.09. The Morgan fingerprint density at radius 2 is 2.04 bits per heavy atom. The monoisotopic (exact) mass is 345 g/mol. The van der Waals surface area contributed by atoms with Crippen LogP contribution in [0.15, 0.2) is 24.5 Å². The Morgan fingerprint density at radius 3 is 2.72 bits per heavy atom. The number of fused-ring (bicyclic) bond motifs is 1. The molecule has 1 aromatic carbocycles. The topological polar surface area (TPSA) is 74.1 Å². The average molecular weight is 345 g/mol. The number of nitrogens with one attached hydrogen (secondary N) is 1. The lowest BCUT2D eigenvalue weighted by atomic mass is 10.3. The molecule has 0 amide bonds. The highest BCUT2D eigenvalue weighted by atomic mass is 19.1. The van der Waals surface area contributed by atoms with E-state index in [1.807, 2.05) is 4.57 Å². The predicted octanol–water partition coefficient (Wildman–Crippen LogP) is 3.53. The van der Waals surface area contributed by atoms with Gasteiger partial charge in [0.05, 0.1) is 20.5 Å². The number of unbranched alkanes of at least 4 members (excludes halogenated alkanes) is 1. The van der Waals surface area contributed by atoms with E-state index in [2.05, 4.69) is 27.2 Å². The van der Waals surface area contributed by atoms with E-state index < -0.39 is 5.82 Å². The largest absolute Gasteiger partial charge is 0.494 e. The van der Waals surface area contributed by atoms with E-state index in [1.54, 1.807) is 18.5 Å². The van der Waals surface area contributed by atoms with E-state index in [0.717, 1.165) is 19.4 Å². The fraction of sp³-hybridized carbons (Fsp3) is 0.353. The van der Waals surface area contributed by atoms with Crippen molar-refractivity contribution < 1.29 is 13.9 Å². The molecule has 8 heteroatoms. The van der Waals surface area contributed by atoms with Gasteiger partial charge in [0.15, 0.2) is 22.7 Å². The molecular weight excluding hydrogens is 325 g/mol. The number of aromatic nitrogens is 4. The Kier molecular flexibility index (Phi) is 4.97. The van der Waals surface area contributed by atoms with Crippen LogP contribution in [0.1, 0.15) is 19.8 Å². The zero-order chi connectivity index (χ0) is 17.8.